The molecule has 0 aliphatic heterocycles. The van der Waals surface area contributed by atoms with Gasteiger partial charge in [0.15, 0.2) is 17.7 Å². The number of rotatable bonds is 5. The summed E-state index contributed by atoms with van der Waals surface area (Å²) in [7, 11) is 0. The Balaban J connectivity index is 2.28. The van der Waals surface area contributed by atoms with E-state index in [9.17, 15) is 9.60 Å². The molecule has 0 spiro atoms. The van der Waals surface area contributed by atoms with Gasteiger partial charge >= 0.3 is 0 Å². The first-order chi connectivity index (χ1) is 12.6. The minimum Gasteiger partial charge on any atom is -0.356 e. The molecule has 0 aliphatic rings. The van der Waals surface area contributed by atoms with Crippen molar-refractivity contribution in [3.63, 3.8) is 0 Å². The molecule has 0 amide bonds. The van der Waals surface area contributed by atoms with Gasteiger partial charge in [0.2, 0.25) is 5.96 Å². The molecule has 10 nitrogen and oxygen atoms in total. The lowest BCUT2D eigenvalue weighted by Gasteiger charge is -2.05. The summed E-state index contributed by atoms with van der Waals surface area (Å²) in [6, 6.07) is 3.78. The minimum absolute atomic E-state index is 0.0132. The van der Waals surface area contributed by atoms with E-state index >= 15 is 0 Å². The van der Waals surface area contributed by atoms with Crippen molar-refractivity contribution in [1.82, 2.24) is 26.4 Å². The quantitative estimate of drug-likeness (QED) is 0.200. The SMILES string of the molecule is CCNC(=NCc1nonc1C(=Nc1ccc(F)c(Cl)c1)NO)NC#N. The number of aromatic nitrogens is 2. The maximum absolute atomic E-state index is 13.2. The van der Waals surface area contributed by atoms with Crippen molar-refractivity contribution in [1.29, 1.82) is 5.26 Å². The highest BCUT2D eigenvalue weighted by atomic mass is 35.5. The van der Waals surface area contributed by atoms with E-state index in [2.05, 4.69) is 35.6 Å². The van der Waals surface area contributed by atoms with Gasteiger partial charge in [0.25, 0.3) is 0 Å². The maximum atomic E-state index is 13.2. The van der Waals surface area contributed by atoms with Crippen molar-refractivity contribution in [2.24, 2.45) is 9.98 Å². The third-order valence-electron chi connectivity index (χ3n) is 2.94. The van der Waals surface area contributed by atoms with E-state index in [1.165, 1.54) is 12.1 Å². The molecule has 0 bridgehead atoms. The Labute approximate surface area is 152 Å². The van der Waals surface area contributed by atoms with Crippen LogP contribution in [0.5, 0.6) is 0 Å². The van der Waals surface area contributed by atoms with Gasteiger partial charge in [-0.25, -0.2) is 19.0 Å². The normalized spacial score (nSPS) is 11.8. The average Bonchev–Trinajstić information content (AvgIpc) is 3.09. The highest BCUT2D eigenvalue weighted by Crippen LogP contribution is 2.22. The van der Waals surface area contributed by atoms with Gasteiger partial charge in [0, 0.05) is 6.54 Å². The van der Waals surface area contributed by atoms with E-state index in [1.54, 1.807) is 6.19 Å². The van der Waals surface area contributed by atoms with Crippen LogP contribution in [0.2, 0.25) is 5.02 Å². The summed E-state index contributed by atoms with van der Waals surface area (Å²) in [5.41, 5.74) is 2.48. The van der Waals surface area contributed by atoms with Crippen molar-refractivity contribution in [2.75, 3.05) is 6.54 Å². The van der Waals surface area contributed by atoms with Crippen LogP contribution in [0, 0.1) is 17.3 Å². The fourth-order valence-corrected chi connectivity index (χ4v) is 1.99. The van der Waals surface area contributed by atoms with Crippen LogP contribution in [-0.2, 0) is 6.54 Å². The highest BCUT2D eigenvalue weighted by molar-refractivity contribution is 6.31. The smallest absolute Gasteiger partial charge is 0.205 e. The molecule has 0 atom stereocenters. The largest absolute Gasteiger partial charge is 0.356 e. The van der Waals surface area contributed by atoms with Crippen LogP contribution in [0.15, 0.2) is 32.8 Å². The summed E-state index contributed by atoms with van der Waals surface area (Å²) in [6.07, 6.45) is 1.75. The first-order valence-electron chi connectivity index (χ1n) is 7.28. The van der Waals surface area contributed by atoms with E-state index in [1.807, 2.05) is 12.4 Å². The molecular weight excluding hydrogens is 367 g/mol. The van der Waals surface area contributed by atoms with Crippen LogP contribution >= 0.6 is 11.6 Å². The molecule has 136 valence electrons. The Morgan fingerprint density at radius 1 is 1.46 bits per heavy atom. The first kappa shape index (κ1) is 19.1. The molecule has 0 saturated carbocycles. The predicted octanol–water partition coefficient (Wildman–Crippen LogP) is 1.46. The van der Waals surface area contributed by atoms with Gasteiger partial charge < -0.3 is 5.32 Å². The number of benzene rings is 1. The van der Waals surface area contributed by atoms with Crippen molar-refractivity contribution >= 4 is 29.1 Å². The van der Waals surface area contributed by atoms with Crippen LogP contribution in [0.25, 0.3) is 0 Å². The summed E-state index contributed by atoms with van der Waals surface area (Å²) in [4.78, 5) is 8.22. The van der Waals surface area contributed by atoms with Gasteiger partial charge in [-0.2, -0.15) is 5.26 Å². The second-order valence-corrected chi connectivity index (χ2v) is 5.07. The zero-order chi connectivity index (χ0) is 18.9. The third-order valence-corrected chi connectivity index (χ3v) is 3.23. The van der Waals surface area contributed by atoms with Crippen LogP contribution in [0.4, 0.5) is 10.1 Å². The molecule has 26 heavy (non-hydrogen) atoms. The van der Waals surface area contributed by atoms with Gasteiger partial charge in [-0.15, -0.1) is 0 Å². The molecule has 1 aromatic carbocycles. The average molecular weight is 381 g/mol. The molecule has 4 N–H and O–H groups in total. The van der Waals surface area contributed by atoms with Crippen molar-refractivity contribution in [2.45, 2.75) is 13.5 Å². The lowest BCUT2D eigenvalue weighted by molar-refractivity contribution is 0.234. The number of aliphatic imine (C=N–C) groups is 2. The number of guanidine groups is 1. The summed E-state index contributed by atoms with van der Waals surface area (Å²) < 4.78 is 17.9. The fraction of sp³-hybridized carbons (Fsp3) is 0.214. The number of nitrogens with one attached hydrogen (secondary N) is 3. The van der Waals surface area contributed by atoms with Crippen LogP contribution < -0.4 is 16.1 Å². The molecule has 1 aromatic heterocycles. The van der Waals surface area contributed by atoms with Crippen molar-refractivity contribution < 1.29 is 14.2 Å². The Kier molecular flexibility index (Phi) is 6.84. The number of hydrogen-bond acceptors (Lipinski definition) is 7. The molecule has 0 aliphatic carbocycles. The van der Waals surface area contributed by atoms with E-state index in [0.29, 0.717) is 6.54 Å². The number of nitriles is 1. The van der Waals surface area contributed by atoms with Gasteiger partial charge in [0.05, 0.1) is 17.3 Å². The van der Waals surface area contributed by atoms with Crippen LogP contribution in [-0.4, -0.2) is 33.9 Å². The number of hydrogen-bond donors (Lipinski definition) is 4. The zero-order valence-electron chi connectivity index (χ0n) is 13.5. The van der Waals surface area contributed by atoms with Crippen molar-refractivity contribution in [3.8, 4) is 6.19 Å². The van der Waals surface area contributed by atoms with Gasteiger partial charge in [-0.1, -0.05) is 16.8 Å². The topological polar surface area (TPSA) is 144 Å². The summed E-state index contributed by atoms with van der Waals surface area (Å²) in [6.45, 7) is 2.38. The van der Waals surface area contributed by atoms with Crippen LogP contribution in [0.1, 0.15) is 18.3 Å². The van der Waals surface area contributed by atoms with Gasteiger partial charge in [-0.3, -0.25) is 16.0 Å². The first-order valence-corrected chi connectivity index (χ1v) is 7.65. The van der Waals surface area contributed by atoms with E-state index in [0.717, 1.165) is 6.07 Å². The second kappa shape index (κ2) is 9.30. The minimum atomic E-state index is -0.594. The number of hydroxylamine groups is 1. The van der Waals surface area contributed by atoms with Crippen LogP contribution in [0.3, 0.4) is 0 Å². The molecule has 0 unspecified atom stereocenters. The van der Waals surface area contributed by atoms with E-state index in [4.69, 9.17) is 16.9 Å². The Hall–Kier alpha value is -3.23. The predicted molar refractivity (Wildman–Crippen MR) is 90.4 cm³/mol. The maximum Gasteiger partial charge on any atom is 0.205 e. The summed E-state index contributed by atoms with van der Waals surface area (Å²) in [5.74, 6) is -0.453. The number of nitrogens with zero attached hydrogens (tertiary/aromatic N) is 5. The molecule has 0 radical (unpaired) electrons. The second-order valence-electron chi connectivity index (χ2n) is 4.66. The lowest BCUT2D eigenvalue weighted by Crippen LogP contribution is -2.34. The standard InChI is InChI=1S/C14H14ClFN8O2/c1-2-18-14(20-7-17)19-6-11-12(24-26-23-11)13(22-25)21-8-3-4-10(16)9(15)5-8/h3-5,25H,2,6H2,1H3,(H,21,22)(H2,18,19,20). The molecule has 1 heterocycles. The van der Waals surface area contributed by atoms with E-state index < -0.39 is 5.82 Å². The monoisotopic (exact) mass is 380 g/mol. The van der Waals surface area contributed by atoms with Crippen molar-refractivity contribution in [3.05, 3.63) is 40.4 Å². The molecule has 12 heteroatoms. The van der Waals surface area contributed by atoms with E-state index in [-0.39, 0.29) is 40.4 Å². The molecule has 0 saturated heterocycles. The summed E-state index contributed by atoms with van der Waals surface area (Å²) >= 11 is 5.71. The lowest BCUT2D eigenvalue weighted by atomic mass is 10.3. The van der Waals surface area contributed by atoms with Gasteiger partial charge in [-0.05, 0) is 30.3 Å². The highest BCUT2D eigenvalue weighted by Gasteiger charge is 2.16. The molecular formula is C14H14ClFN8O2. The third kappa shape index (κ3) is 4.88. The summed E-state index contributed by atoms with van der Waals surface area (Å²) in [5, 5.41) is 30.5. The molecule has 2 rings (SSSR count). The Morgan fingerprint density at radius 3 is 2.92 bits per heavy atom. The zero-order valence-corrected chi connectivity index (χ0v) is 14.2. The Morgan fingerprint density at radius 2 is 2.27 bits per heavy atom. The fourth-order valence-electron chi connectivity index (χ4n) is 1.82. The molecule has 2 aromatic rings. The number of halogens is 2. The number of amidine groups is 1. The Bertz CT molecular complexity index is 861. The molecule has 0 fully saturated rings. The van der Waals surface area contributed by atoms with Gasteiger partial charge in [0.1, 0.15) is 11.5 Å².